The molecule has 0 spiro atoms. The molecular weight excluding hydrogens is 443 g/mol. The first-order valence-electron chi connectivity index (χ1n) is 7.91. The Morgan fingerprint density at radius 2 is 2.21 bits per heavy atom. The van der Waals surface area contributed by atoms with Crippen LogP contribution in [0.1, 0.15) is 33.6 Å². The quantitative estimate of drug-likeness (QED) is 0.498. The minimum atomic E-state index is -0.486. The van der Waals surface area contributed by atoms with Gasteiger partial charge in [-0.25, -0.2) is 14.8 Å². The topological polar surface area (TPSA) is 60.2 Å². The van der Waals surface area contributed by atoms with E-state index in [1.807, 2.05) is 31.9 Å². The summed E-state index contributed by atoms with van der Waals surface area (Å²) >= 11 is 8.43. The van der Waals surface area contributed by atoms with Crippen molar-refractivity contribution in [3.8, 4) is 0 Å². The number of amides is 1. The second-order valence-electron chi connectivity index (χ2n) is 6.96. The van der Waals surface area contributed by atoms with Crippen LogP contribution in [-0.2, 0) is 11.3 Å². The lowest BCUT2D eigenvalue weighted by Gasteiger charge is -2.28. The molecule has 1 atom stereocenters. The molecule has 2 aromatic rings. The van der Waals surface area contributed by atoms with E-state index < -0.39 is 5.60 Å². The lowest BCUT2D eigenvalue weighted by atomic mass is 10.2. The largest absolute Gasteiger partial charge is 0.444 e. The Balaban J connectivity index is 1.83. The smallest absolute Gasteiger partial charge is 0.410 e. The van der Waals surface area contributed by atoms with E-state index in [4.69, 9.17) is 16.3 Å². The first-order chi connectivity index (χ1) is 11.3. The predicted molar refractivity (Wildman–Crippen MR) is 101 cm³/mol. The van der Waals surface area contributed by atoms with Gasteiger partial charge < -0.3 is 14.2 Å². The third kappa shape index (κ3) is 3.61. The number of halogens is 2. The van der Waals surface area contributed by atoms with E-state index in [1.54, 1.807) is 0 Å². The second-order valence-corrected chi connectivity index (χ2v) is 8.48. The van der Waals surface area contributed by atoms with E-state index in [-0.39, 0.29) is 12.1 Å². The number of hydrogen-bond donors (Lipinski definition) is 0. The summed E-state index contributed by atoms with van der Waals surface area (Å²) in [5.41, 5.74) is 0.316. The van der Waals surface area contributed by atoms with Gasteiger partial charge in [-0.05, 0) is 56.2 Å². The molecule has 1 aliphatic heterocycles. The molecule has 0 N–H and O–H groups in total. The summed E-state index contributed by atoms with van der Waals surface area (Å²) in [7, 11) is 0. The highest BCUT2D eigenvalue weighted by Crippen LogP contribution is 2.29. The SMILES string of the molecule is CC(C)(C)OC(=O)N1CCC[C@H]1Cn1cc(I)c2c(Cl)ncnc21. The van der Waals surface area contributed by atoms with Crippen molar-refractivity contribution in [2.24, 2.45) is 0 Å². The number of fused-ring (bicyclic) bond motifs is 1. The standard InChI is InChI=1S/C16H20ClIN4O2/c1-16(2,3)24-15(23)22-6-4-5-10(22)7-21-8-11(18)12-13(17)19-9-20-14(12)21/h8-10H,4-7H2,1-3H3/t10-/m0/s1. The summed E-state index contributed by atoms with van der Waals surface area (Å²) in [6, 6.07) is 0.0972. The molecule has 2 aromatic heterocycles. The minimum Gasteiger partial charge on any atom is -0.444 e. The Morgan fingerprint density at radius 3 is 2.92 bits per heavy atom. The van der Waals surface area contributed by atoms with Crippen molar-refractivity contribution in [1.29, 1.82) is 0 Å². The number of nitrogens with zero attached hydrogens (tertiary/aromatic N) is 4. The maximum atomic E-state index is 12.4. The van der Waals surface area contributed by atoms with Gasteiger partial charge in [0.15, 0.2) is 0 Å². The van der Waals surface area contributed by atoms with Crippen LogP contribution < -0.4 is 0 Å². The molecule has 24 heavy (non-hydrogen) atoms. The number of carbonyl (C=O) groups is 1. The molecule has 3 heterocycles. The fourth-order valence-electron chi connectivity index (χ4n) is 2.99. The van der Waals surface area contributed by atoms with Crippen molar-refractivity contribution in [1.82, 2.24) is 19.4 Å². The van der Waals surface area contributed by atoms with E-state index in [2.05, 4.69) is 37.1 Å². The fourth-order valence-corrected chi connectivity index (χ4v) is 4.22. The first-order valence-corrected chi connectivity index (χ1v) is 9.36. The Kier molecular flexibility index (Phi) is 4.92. The average molecular weight is 463 g/mol. The summed E-state index contributed by atoms with van der Waals surface area (Å²) in [6.07, 6.45) is 5.17. The summed E-state index contributed by atoms with van der Waals surface area (Å²) in [6.45, 7) is 7.06. The number of rotatable bonds is 2. The van der Waals surface area contributed by atoms with Crippen LogP contribution in [0.4, 0.5) is 4.79 Å². The van der Waals surface area contributed by atoms with Gasteiger partial charge in [-0.15, -0.1) is 0 Å². The van der Waals surface area contributed by atoms with Crippen molar-refractivity contribution < 1.29 is 9.53 Å². The molecule has 0 saturated carbocycles. The molecule has 3 rings (SSSR count). The third-order valence-corrected chi connectivity index (χ3v) is 5.08. The molecule has 1 saturated heterocycles. The highest BCUT2D eigenvalue weighted by molar-refractivity contribution is 14.1. The molecule has 0 aromatic carbocycles. The molecule has 0 aliphatic carbocycles. The lowest BCUT2D eigenvalue weighted by Crippen LogP contribution is -2.41. The molecule has 1 fully saturated rings. The van der Waals surface area contributed by atoms with Crippen LogP contribution in [0.25, 0.3) is 11.0 Å². The summed E-state index contributed by atoms with van der Waals surface area (Å²) in [4.78, 5) is 22.7. The highest BCUT2D eigenvalue weighted by atomic mass is 127. The second kappa shape index (κ2) is 6.67. The van der Waals surface area contributed by atoms with E-state index in [0.717, 1.165) is 34.0 Å². The molecule has 1 aliphatic rings. The number of carbonyl (C=O) groups excluding carboxylic acids is 1. The molecule has 0 bridgehead atoms. The molecule has 8 heteroatoms. The van der Waals surface area contributed by atoms with Crippen molar-refractivity contribution in [3.05, 3.63) is 21.2 Å². The van der Waals surface area contributed by atoms with Gasteiger partial charge in [0.2, 0.25) is 0 Å². The van der Waals surface area contributed by atoms with Crippen LogP contribution in [0, 0.1) is 3.57 Å². The van der Waals surface area contributed by atoms with E-state index >= 15 is 0 Å². The molecule has 1 amide bonds. The normalized spacial score (nSPS) is 18.4. The van der Waals surface area contributed by atoms with Crippen LogP contribution >= 0.6 is 34.2 Å². The molecule has 130 valence electrons. The van der Waals surface area contributed by atoms with Gasteiger partial charge in [0.05, 0.1) is 11.4 Å². The van der Waals surface area contributed by atoms with Crippen molar-refractivity contribution >= 4 is 51.3 Å². The predicted octanol–water partition coefficient (Wildman–Crippen LogP) is 4.09. The molecular formula is C16H20ClIN4O2. The van der Waals surface area contributed by atoms with Crippen LogP contribution in [0.15, 0.2) is 12.5 Å². The Hall–Kier alpha value is -1.09. The maximum Gasteiger partial charge on any atom is 0.410 e. The summed E-state index contributed by atoms with van der Waals surface area (Å²) in [5.74, 6) is 0. The zero-order valence-corrected chi connectivity index (χ0v) is 16.8. The number of aromatic nitrogens is 3. The molecule has 0 unspecified atom stereocenters. The van der Waals surface area contributed by atoms with Gasteiger partial charge in [-0.3, -0.25) is 0 Å². The molecule has 0 radical (unpaired) electrons. The van der Waals surface area contributed by atoms with Crippen LogP contribution in [-0.4, -0.2) is 43.7 Å². The van der Waals surface area contributed by atoms with Gasteiger partial charge in [0.25, 0.3) is 0 Å². The Labute approximate surface area is 159 Å². The van der Waals surface area contributed by atoms with Crippen molar-refractivity contribution in [3.63, 3.8) is 0 Å². The van der Waals surface area contributed by atoms with Gasteiger partial charge in [-0.1, -0.05) is 11.6 Å². The molecule has 6 nitrogen and oxygen atoms in total. The Morgan fingerprint density at radius 1 is 1.46 bits per heavy atom. The Bertz CT molecular complexity index is 771. The van der Waals surface area contributed by atoms with Gasteiger partial charge in [-0.2, -0.15) is 0 Å². The third-order valence-electron chi connectivity index (χ3n) is 3.97. The van der Waals surface area contributed by atoms with Crippen LogP contribution in [0.3, 0.4) is 0 Å². The van der Waals surface area contributed by atoms with Crippen molar-refractivity contribution in [2.75, 3.05) is 6.54 Å². The average Bonchev–Trinajstić information content (AvgIpc) is 3.04. The fraction of sp³-hybridized carbons (Fsp3) is 0.562. The monoisotopic (exact) mass is 462 g/mol. The van der Waals surface area contributed by atoms with E-state index in [9.17, 15) is 4.79 Å². The number of likely N-dealkylation sites (tertiary alicyclic amines) is 1. The minimum absolute atomic E-state index is 0.0972. The number of hydrogen-bond acceptors (Lipinski definition) is 4. The first kappa shape index (κ1) is 17.7. The number of ether oxygens (including phenoxy) is 1. The van der Waals surface area contributed by atoms with Gasteiger partial charge in [0.1, 0.15) is 22.7 Å². The highest BCUT2D eigenvalue weighted by Gasteiger charge is 2.32. The van der Waals surface area contributed by atoms with Gasteiger partial charge >= 0.3 is 6.09 Å². The zero-order valence-electron chi connectivity index (χ0n) is 13.9. The summed E-state index contributed by atoms with van der Waals surface area (Å²) < 4.78 is 8.59. The lowest BCUT2D eigenvalue weighted by molar-refractivity contribution is 0.0215. The van der Waals surface area contributed by atoms with Crippen LogP contribution in [0.2, 0.25) is 5.15 Å². The summed E-state index contributed by atoms with van der Waals surface area (Å²) in [5, 5.41) is 1.32. The van der Waals surface area contributed by atoms with Gasteiger partial charge in [0, 0.05) is 22.9 Å². The zero-order chi connectivity index (χ0) is 17.5. The van der Waals surface area contributed by atoms with Crippen LogP contribution in [0.5, 0.6) is 0 Å². The van der Waals surface area contributed by atoms with Crippen molar-refractivity contribution in [2.45, 2.75) is 51.8 Å². The maximum absolute atomic E-state index is 12.4. The van der Waals surface area contributed by atoms with E-state index in [0.29, 0.717) is 11.7 Å². The van der Waals surface area contributed by atoms with E-state index in [1.165, 1.54) is 6.33 Å².